The third-order valence-electron chi connectivity index (χ3n) is 8.24. The van der Waals surface area contributed by atoms with Crippen molar-refractivity contribution in [1.29, 1.82) is 0 Å². The Hall–Kier alpha value is -3.75. The van der Waals surface area contributed by atoms with E-state index in [1.807, 2.05) is 12.1 Å². The van der Waals surface area contributed by atoms with E-state index in [-0.39, 0.29) is 6.17 Å². The van der Waals surface area contributed by atoms with Crippen LogP contribution in [0.1, 0.15) is 57.2 Å². The van der Waals surface area contributed by atoms with Crippen LogP contribution in [0.25, 0.3) is 22.4 Å². The first-order chi connectivity index (χ1) is 20.6. The van der Waals surface area contributed by atoms with E-state index in [2.05, 4.69) is 95.0 Å². The van der Waals surface area contributed by atoms with Crippen LogP contribution in [0.3, 0.4) is 0 Å². The SMILES string of the molecule is CCN(C)CCNc1ccc2c(c1)N(C)C(c1ccc3nc(-c4ccc(OCCCCCCCCN)cc4)[nH]c3c1)N2. The quantitative estimate of drug-likeness (QED) is 0.110. The normalized spacial score (nSPS) is 14.4. The molecule has 1 unspecified atom stereocenters. The molecule has 0 radical (unpaired) electrons. The van der Waals surface area contributed by atoms with Gasteiger partial charge in [0.15, 0.2) is 0 Å². The predicted molar refractivity (Wildman–Crippen MR) is 177 cm³/mol. The molecule has 0 aliphatic carbocycles. The van der Waals surface area contributed by atoms with Crippen molar-refractivity contribution in [1.82, 2.24) is 14.9 Å². The summed E-state index contributed by atoms with van der Waals surface area (Å²) in [6.45, 7) is 6.74. The highest BCUT2D eigenvalue weighted by molar-refractivity contribution is 5.83. The molecule has 0 saturated heterocycles. The number of benzene rings is 3. The first-order valence-electron chi connectivity index (χ1n) is 15.5. The number of ether oxygens (including phenoxy) is 1. The lowest BCUT2D eigenvalue weighted by Crippen LogP contribution is -2.25. The van der Waals surface area contributed by atoms with Crippen LogP contribution in [0.15, 0.2) is 60.7 Å². The van der Waals surface area contributed by atoms with Crippen molar-refractivity contribution < 1.29 is 4.74 Å². The molecule has 2 heterocycles. The Morgan fingerprint density at radius 1 is 0.976 bits per heavy atom. The Bertz CT molecular complexity index is 1420. The molecule has 3 aromatic carbocycles. The van der Waals surface area contributed by atoms with Crippen LogP contribution in [0.5, 0.6) is 5.75 Å². The lowest BCUT2D eigenvalue weighted by Gasteiger charge is -2.22. The number of rotatable bonds is 16. The zero-order chi connectivity index (χ0) is 29.3. The Morgan fingerprint density at radius 3 is 2.55 bits per heavy atom. The van der Waals surface area contributed by atoms with Gasteiger partial charge in [-0.1, -0.05) is 38.7 Å². The average Bonchev–Trinajstić information content (AvgIpc) is 3.59. The lowest BCUT2D eigenvalue weighted by molar-refractivity contribution is 0.304. The highest BCUT2D eigenvalue weighted by Crippen LogP contribution is 2.42. The maximum absolute atomic E-state index is 5.97. The van der Waals surface area contributed by atoms with Gasteiger partial charge in [0.1, 0.15) is 17.7 Å². The third kappa shape index (κ3) is 7.36. The number of nitrogens with two attached hydrogens (primary N) is 1. The molecule has 1 atom stereocenters. The number of likely N-dealkylation sites (N-methyl/N-ethyl adjacent to an activating group) is 1. The number of unbranched alkanes of at least 4 members (excludes halogenated alkanes) is 5. The molecule has 0 spiro atoms. The first kappa shape index (κ1) is 29.7. The summed E-state index contributed by atoms with van der Waals surface area (Å²) in [5, 5.41) is 7.26. The molecule has 8 heteroatoms. The molecule has 0 bridgehead atoms. The number of anilines is 3. The van der Waals surface area contributed by atoms with Gasteiger partial charge < -0.3 is 35.9 Å². The van der Waals surface area contributed by atoms with Crippen molar-refractivity contribution in [3.63, 3.8) is 0 Å². The number of imidazole rings is 1. The topological polar surface area (TPSA) is 94.5 Å². The number of H-pyrrole nitrogens is 1. The van der Waals surface area contributed by atoms with Gasteiger partial charge in [0, 0.05) is 31.4 Å². The van der Waals surface area contributed by atoms with Crippen molar-refractivity contribution in [2.75, 3.05) is 62.4 Å². The van der Waals surface area contributed by atoms with Gasteiger partial charge in [-0.25, -0.2) is 4.98 Å². The molecular weight excluding hydrogens is 522 g/mol. The average molecular weight is 570 g/mol. The van der Waals surface area contributed by atoms with Gasteiger partial charge >= 0.3 is 0 Å². The van der Waals surface area contributed by atoms with Crippen molar-refractivity contribution in [2.24, 2.45) is 5.73 Å². The molecule has 0 amide bonds. The molecule has 5 N–H and O–H groups in total. The van der Waals surface area contributed by atoms with Crippen molar-refractivity contribution in [3.05, 3.63) is 66.2 Å². The van der Waals surface area contributed by atoms with E-state index >= 15 is 0 Å². The maximum Gasteiger partial charge on any atom is 0.138 e. The van der Waals surface area contributed by atoms with E-state index in [1.165, 1.54) is 36.9 Å². The number of aromatic nitrogens is 2. The van der Waals surface area contributed by atoms with E-state index in [0.29, 0.717) is 0 Å². The second-order valence-electron chi connectivity index (χ2n) is 11.4. The Labute approximate surface area is 250 Å². The number of nitrogens with zero attached hydrogens (tertiary/aromatic N) is 3. The summed E-state index contributed by atoms with van der Waals surface area (Å²) in [7, 11) is 4.29. The van der Waals surface area contributed by atoms with Crippen LogP contribution in [-0.2, 0) is 0 Å². The van der Waals surface area contributed by atoms with E-state index in [1.54, 1.807) is 0 Å². The van der Waals surface area contributed by atoms with Gasteiger partial charge in [-0.15, -0.1) is 0 Å². The van der Waals surface area contributed by atoms with Crippen LogP contribution >= 0.6 is 0 Å². The molecule has 1 aliphatic heterocycles. The summed E-state index contributed by atoms with van der Waals surface area (Å²) in [4.78, 5) is 13.0. The summed E-state index contributed by atoms with van der Waals surface area (Å²) in [6, 6.07) is 21.3. The van der Waals surface area contributed by atoms with Gasteiger partial charge in [0.25, 0.3) is 0 Å². The Morgan fingerprint density at radius 2 is 1.76 bits per heavy atom. The van der Waals surface area contributed by atoms with Crippen LogP contribution < -0.4 is 26.0 Å². The third-order valence-corrected chi connectivity index (χ3v) is 8.24. The van der Waals surface area contributed by atoms with E-state index in [9.17, 15) is 0 Å². The molecule has 0 saturated carbocycles. The van der Waals surface area contributed by atoms with Crippen molar-refractivity contribution in [2.45, 2.75) is 51.6 Å². The van der Waals surface area contributed by atoms with Crippen molar-refractivity contribution in [3.8, 4) is 17.1 Å². The monoisotopic (exact) mass is 569 g/mol. The minimum Gasteiger partial charge on any atom is -0.494 e. The van der Waals surface area contributed by atoms with E-state index in [4.69, 9.17) is 15.5 Å². The van der Waals surface area contributed by atoms with Gasteiger partial charge in [-0.05, 0) is 93.1 Å². The summed E-state index contributed by atoms with van der Waals surface area (Å²) in [5.41, 5.74) is 13.3. The smallest absolute Gasteiger partial charge is 0.138 e. The van der Waals surface area contributed by atoms with Crippen LogP contribution in [-0.4, -0.2) is 61.7 Å². The lowest BCUT2D eigenvalue weighted by atomic mass is 10.1. The highest BCUT2D eigenvalue weighted by Gasteiger charge is 2.27. The number of hydrogen-bond acceptors (Lipinski definition) is 7. The Balaban J connectivity index is 1.17. The summed E-state index contributed by atoms with van der Waals surface area (Å²) in [6.07, 6.45) is 7.24. The largest absolute Gasteiger partial charge is 0.494 e. The molecule has 8 nitrogen and oxygen atoms in total. The highest BCUT2D eigenvalue weighted by atomic mass is 16.5. The molecule has 1 aromatic heterocycles. The van der Waals surface area contributed by atoms with Gasteiger partial charge in [-0.2, -0.15) is 0 Å². The van der Waals surface area contributed by atoms with Crippen LogP contribution in [0, 0.1) is 0 Å². The van der Waals surface area contributed by atoms with Gasteiger partial charge in [0.2, 0.25) is 0 Å². The van der Waals surface area contributed by atoms with Crippen LogP contribution in [0.2, 0.25) is 0 Å². The molecule has 4 aromatic rings. The second-order valence-corrected chi connectivity index (χ2v) is 11.4. The number of fused-ring (bicyclic) bond motifs is 2. The predicted octanol–water partition coefficient (Wildman–Crippen LogP) is 6.83. The first-order valence-corrected chi connectivity index (χ1v) is 15.5. The number of nitrogens with one attached hydrogen (secondary N) is 3. The maximum atomic E-state index is 5.97. The minimum atomic E-state index is 0.0556. The van der Waals surface area contributed by atoms with Crippen molar-refractivity contribution >= 4 is 28.1 Å². The zero-order valence-electron chi connectivity index (χ0n) is 25.5. The molecule has 5 rings (SSSR count). The number of aromatic amines is 1. The molecule has 0 fully saturated rings. The fraction of sp³-hybridized carbons (Fsp3) is 0.441. The second kappa shape index (κ2) is 14.4. The minimum absolute atomic E-state index is 0.0556. The Kier molecular flexibility index (Phi) is 10.2. The molecule has 42 heavy (non-hydrogen) atoms. The summed E-state index contributed by atoms with van der Waals surface area (Å²) in [5.74, 6) is 1.77. The molecule has 224 valence electrons. The molecule has 1 aliphatic rings. The van der Waals surface area contributed by atoms with Gasteiger partial charge in [0.05, 0.1) is 29.0 Å². The van der Waals surface area contributed by atoms with E-state index < -0.39 is 0 Å². The summed E-state index contributed by atoms with van der Waals surface area (Å²) >= 11 is 0. The van der Waals surface area contributed by atoms with Crippen LogP contribution in [0.4, 0.5) is 17.1 Å². The fourth-order valence-corrected chi connectivity index (χ4v) is 5.48. The zero-order valence-corrected chi connectivity index (χ0v) is 25.5. The molecular formula is C34H47N7O. The summed E-state index contributed by atoms with van der Waals surface area (Å²) < 4.78 is 5.97. The van der Waals surface area contributed by atoms with E-state index in [0.717, 1.165) is 85.2 Å². The standard InChI is InChI=1S/C34H47N7O/c1-4-40(2)21-20-36-27-14-18-30-32(24-27)41(3)34(39-30)26-13-17-29-31(23-26)38-33(37-29)25-11-15-28(16-12-25)42-22-10-8-6-5-7-9-19-35/h11-18,23-24,34,36,39H,4-10,19-22,35H2,1-3H3,(H,37,38). The van der Waals surface area contributed by atoms with Gasteiger partial charge in [-0.3, -0.25) is 0 Å². The fourth-order valence-electron chi connectivity index (χ4n) is 5.48. The number of hydrogen-bond donors (Lipinski definition) is 4.